The molecule has 19 heavy (non-hydrogen) atoms. The molecule has 0 radical (unpaired) electrons. The van der Waals surface area contributed by atoms with Crippen molar-refractivity contribution in [2.24, 2.45) is 5.92 Å². The summed E-state index contributed by atoms with van der Waals surface area (Å²) in [6.07, 6.45) is 2.63. The van der Waals surface area contributed by atoms with Gasteiger partial charge in [0.25, 0.3) is 0 Å². The molecule has 1 saturated heterocycles. The lowest BCUT2D eigenvalue weighted by Crippen LogP contribution is -2.18. The Morgan fingerprint density at radius 3 is 2.89 bits per heavy atom. The van der Waals surface area contributed by atoms with E-state index in [2.05, 4.69) is 10.6 Å². The highest BCUT2D eigenvalue weighted by Gasteiger charge is 2.18. The van der Waals surface area contributed by atoms with Gasteiger partial charge in [0.15, 0.2) is 9.84 Å². The Morgan fingerprint density at radius 1 is 1.47 bits per heavy atom. The van der Waals surface area contributed by atoms with Crippen LogP contribution >= 0.6 is 0 Å². The number of rotatable bonds is 4. The van der Waals surface area contributed by atoms with Crippen LogP contribution in [0, 0.1) is 5.92 Å². The summed E-state index contributed by atoms with van der Waals surface area (Å²) in [5.74, 6) is 0.303. The number of nitrogens with one attached hydrogen (secondary N) is 2. The Bertz CT molecular complexity index is 563. The van der Waals surface area contributed by atoms with Crippen LogP contribution in [0.1, 0.15) is 12.8 Å². The Kier molecular flexibility index (Phi) is 4.21. The van der Waals surface area contributed by atoms with Crippen molar-refractivity contribution >= 4 is 21.4 Å². The maximum Gasteiger partial charge on any atom is 0.224 e. The van der Waals surface area contributed by atoms with E-state index >= 15 is 0 Å². The Morgan fingerprint density at radius 2 is 2.26 bits per heavy atom. The van der Waals surface area contributed by atoms with Crippen molar-refractivity contribution in [3.8, 4) is 0 Å². The van der Waals surface area contributed by atoms with Gasteiger partial charge in [0, 0.05) is 18.4 Å². The zero-order valence-electron chi connectivity index (χ0n) is 10.8. The van der Waals surface area contributed by atoms with Gasteiger partial charge >= 0.3 is 0 Å². The van der Waals surface area contributed by atoms with E-state index in [4.69, 9.17) is 0 Å². The lowest BCUT2D eigenvalue weighted by molar-refractivity contribution is -0.116. The first-order valence-corrected chi connectivity index (χ1v) is 8.15. The molecule has 1 fully saturated rings. The molecule has 1 aliphatic rings. The van der Waals surface area contributed by atoms with Crippen molar-refractivity contribution in [2.75, 3.05) is 24.7 Å². The summed E-state index contributed by atoms with van der Waals surface area (Å²) in [5.41, 5.74) is 0.527. The monoisotopic (exact) mass is 282 g/mol. The summed E-state index contributed by atoms with van der Waals surface area (Å²) in [7, 11) is -3.24. The third kappa shape index (κ3) is 4.04. The average molecular weight is 282 g/mol. The molecule has 1 heterocycles. The maximum absolute atomic E-state index is 11.8. The van der Waals surface area contributed by atoms with Crippen molar-refractivity contribution in [1.82, 2.24) is 5.32 Å². The van der Waals surface area contributed by atoms with Crippen molar-refractivity contribution in [2.45, 2.75) is 17.7 Å². The van der Waals surface area contributed by atoms with Gasteiger partial charge in [-0.2, -0.15) is 0 Å². The van der Waals surface area contributed by atoms with Crippen LogP contribution in [-0.4, -0.2) is 33.7 Å². The fourth-order valence-corrected chi connectivity index (χ4v) is 2.83. The molecule has 6 heteroatoms. The molecular formula is C13H18N2O3S. The predicted octanol–water partition coefficient (Wildman–Crippen LogP) is 1.03. The number of amides is 1. The molecule has 2 N–H and O–H groups in total. The molecule has 0 aromatic heterocycles. The van der Waals surface area contributed by atoms with E-state index in [0.717, 1.165) is 25.8 Å². The van der Waals surface area contributed by atoms with E-state index in [0.29, 0.717) is 18.0 Å². The standard InChI is InChI=1S/C13H18N2O3S/c1-19(17,18)12-4-2-3-11(8-12)15-13(16)7-10-5-6-14-9-10/h2-4,8,10,14H,5-7,9H2,1H3,(H,15,16). The van der Waals surface area contributed by atoms with Gasteiger partial charge in [-0.3, -0.25) is 4.79 Å². The van der Waals surface area contributed by atoms with Gasteiger partial charge < -0.3 is 10.6 Å². The van der Waals surface area contributed by atoms with Crippen molar-refractivity contribution in [3.63, 3.8) is 0 Å². The largest absolute Gasteiger partial charge is 0.326 e. The third-order valence-electron chi connectivity index (χ3n) is 3.18. The minimum absolute atomic E-state index is 0.0700. The van der Waals surface area contributed by atoms with Crippen LogP contribution in [0.5, 0.6) is 0 Å². The SMILES string of the molecule is CS(=O)(=O)c1cccc(NC(=O)CC2CCNC2)c1. The fraction of sp³-hybridized carbons (Fsp3) is 0.462. The molecule has 1 atom stereocenters. The Hall–Kier alpha value is -1.40. The number of carbonyl (C=O) groups is 1. The fourth-order valence-electron chi connectivity index (χ4n) is 2.17. The maximum atomic E-state index is 11.8. The van der Waals surface area contributed by atoms with Gasteiger partial charge in [-0.1, -0.05) is 6.07 Å². The van der Waals surface area contributed by atoms with Crippen LogP contribution in [0.3, 0.4) is 0 Å². The Labute approximate surface area is 113 Å². The molecule has 0 aliphatic carbocycles. The zero-order chi connectivity index (χ0) is 13.9. The first kappa shape index (κ1) is 14.0. The van der Waals surface area contributed by atoms with Crippen molar-refractivity contribution in [1.29, 1.82) is 0 Å². The molecule has 0 bridgehead atoms. The second kappa shape index (κ2) is 5.71. The molecule has 1 aromatic rings. The van der Waals surface area contributed by atoms with Crippen LogP contribution in [0.15, 0.2) is 29.2 Å². The molecule has 1 unspecified atom stereocenters. The van der Waals surface area contributed by atoms with Gasteiger partial charge in [0.2, 0.25) is 5.91 Å². The summed E-state index contributed by atoms with van der Waals surface area (Å²) in [6, 6.07) is 6.33. The van der Waals surface area contributed by atoms with Crippen LogP contribution in [-0.2, 0) is 14.6 Å². The van der Waals surface area contributed by atoms with Gasteiger partial charge in [0.05, 0.1) is 4.90 Å². The predicted molar refractivity (Wildman–Crippen MR) is 73.8 cm³/mol. The highest BCUT2D eigenvalue weighted by Crippen LogP contribution is 2.17. The number of carbonyl (C=O) groups excluding carboxylic acids is 1. The number of anilines is 1. The minimum atomic E-state index is -3.24. The highest BCUT2D eigenvalue weighted by molar-refractivity contribution is 7.90. The molecular weight excluding hydrogens is 264 g/mol. The second-order valence-corrected chi connectivity index (χ2v) is 6.93. The van der Waals surface area contributed by atoms with Crippen LogP contribution < -0.4 is 10.6 Å². The summed E-state index contributed by atoms with van der Waals surface area (Å²) in [6.45, 7) is 1.83. The van der Waals surface area contributed by atoms with Crippen LogP contribution in [0.4, 0.5) is 5.69 Å². The summed E-state index contributed by atoms with van der Waals surface area (Å²) in [4.78, 5) is 12.1. The normalized spacial score (nSPS) is 19.3. The minimum Gasteiger partial charge on any atom is -0.326 e. The van der Waals surface area contributed by atoms with Gasteiger partial charge in [-0.15, -0.1) is 0 Å². The average Bonchev–Trinajstić information content (AvgIpc) is 2.80. The molecule has 104 valence electrons. The van der Waals surface area contributed by atoms with Gasteiger partial charge in [-0.05, 0) is 43.6 Å². The van der Waals surface area contributed by atoms with Gasteiger partial charge in [-0.25, -0.2) is 8.42 Å². The third-order valence-corrected chi connectivity index (χ3v) is 4.29. The number of hydrogen-bond acceptors (Lipinski definition) is 4. The molecule has 1 aromatic carbocycles. The molecule has 1 aliphatic heterocycles. The number of benzene rings is 1. The number of hydrogen-bond donors (Lipinski definition) is 2. The first-order chi connectivity index (χ1) is 8.95. The highest BCUT2D eigenvalue weighted by atomic mass is 32.2. The van der Waals surface area contributed by atoms with Crippen LogP contribution in [0.2, 0.25) is 0 Å². The summed E-state index contributed by atoms with van der Waals surface area (Å²) in [5, 5.41) is 5.96. The van der Waals surface area contributed by atoms with E-state index in [9.17, 15) is 13.2 Å². The van der Waals surface area contributed by atoms with E-state index in [1.54, 1.807) is 12.1 Å². The topological polar surface area (TPSA) is 75.3 Å². The zero-order valence-corrected chi connectivity index (χ0v) is 11.7. The van der Waals surface area contributed by atoms with Crippen LogP contribution in [0.25, 0.3) is 0 Å². The molecule has 1 amide bonds. The van der Waals surface area contributed by atoms with E-state index in [1.165, 1.54) is 12.1 Å². The molecule has 2 rings (SSSR count). The molecule has 0 saturated carbocycles. The van der Waals surface area contributed by atoms with Crippen molar-refractivity contribution in [3.05, 3.63) is 24.3 Å². The molecule has 0 spiro atoms. The summed E-state index contributed by atoms with van der Waals surface area (Å²) >= 11 is 0. The summed E-state index contributed by atoms with van der Waals surface area (Å²) < 4.78 is 22.9. The Balaban J connectivity index is 2.00. The van der Waals surface area contributed by atoms with E-state index < -0.39 is 9.84 Å². The smallest absolute Gasteiger partial charge is 0.224 e. The van der Waals surface area contributed by atoms with Crippen molar-refractivity contribution < 1.29 is 13.2 Å². The van der Waals surface area contributed by atoms with E-state index in [1.807, 2.05) is 0 Å². The first-order valence-electron chi connectivity index (χ1n) is 6.26. The lowest BCUT2D eigenvalue weighted by Gasteiger charge is -2.09. The quantitative estimate of drug-likeness (QED) is 0.865. The lowest BCUT2D eigenvalue weighted by atomic mass is 10.0. The van der Waals surface area contributed by atoms with Gasteiger partial charge in [0.1, 0.15) is 0 Å². The number of sulfone groups is 1. The second-order valence-electron chi connectivity index (χ2n) is 4.91. The van der Waals surface area contributed by atoms with E-state index in [-0.39, 0.29) is 10.8 Å². The molecule has 5 nitrogen and oxygen atoms in total.